The van der Waals surface area contributed by atoms with Crippen LogP contribution in [0.1, 0.15) is 44.1 Å². The molecule has 1 saturated heterocycles. The van der Waals surface area contributed by atoms with Crippen LogP contribution in [0.15, 0.2) is 36.4 Å². The number of nitrogens with one attached hydrogen (secondary N) is 1. The molecule has 0 bridgehead atoms. The van der Waals surface area contributed by atoms with Crippen LogP contribution in [0.25, 0.3) is 5.57 Å². The van der Waals surface area contributed by atoms with Gasteiger partial charge in [0.1, 0.15) is 0 Å². The van der Waals surface area contributed by atoms with E-state index in [1.807, 2.05) is 24.3 Å². The fraction of sp³-hybridized carbons (Fsp3) is 0.571. The quantitative estimate of drug-likeness (QED) is 0.923. The van der Waals surface area contributed by atoms with Crippen LogP contribution in [0.3, 0.4) is 0 Å². The minimum absolute atomic E-state index is 0.215. The van der Waals surface area contributed by atoms with Crippen molar-refractivity contribution in [1.29, 1.82) is 0 Å². The number of nitrogens with zero attached hydrogens (tertiary/aromatic N) is 1. The third kappa shape index (κ3) is 3.02. The Balaban J connectivity index is 1.46. The Morgan fingerprint density at radius 1 is 1.17 bits per heavy atom. The van der Waals surface area contributed by atoms with Gasteiger partial charge in [0.25, 0.3) is 0 Å². The highest BCUT2D eigenvalue weighted by Crippen LogP contribution is 2.47. The summed E-state index contributed by atoms with van der Waals surface area (Å²) in [6.07, 6.45) is 9.50. The highest BCUT2D eigenvalue weighted by atomic mass is 16.2. The Kier molecular flexibility index (Phi) is 4.45. The van der Waals surface area contributed by atoms with Crippen LogP contribution >= 0.6 is 0 Å². The molecular formula is C21H28N2O. The van der Waals surface area contributed by atoms with E-state index in [4.69, 9.17) is 0 Å². The number of hydrogen-bond donors (Lipinski definition) is 1. The molecule has 3 heteroatoms. The summed E-state index contributed by atoms with van der Waals surface area (Å²) in [6.45, 7) is 4.10. The van der Waals surface area contributed by atoms with Gasteiger partial charge in [-0.1, -0.05) is 43.2 Å². The normalized spacial score (nSPS) is 26.7. The fourth-order valence-electron chi connectivity index (χ4n) is 5.02. The van der Waals surface area contributed by atoms with Gasteiger partial charge in [-0.25, -0.2) is 0 Å². The van der Waals surface area contributed by atoms with Gasteiger partial charge < -0.3 is 10.2 Å². The minimum Gasteiger partial charge on any atom is -0.339 e. The molecule has 4 rings (SSSR count). The molecule has 0 radical (unpaired) electrons. The molecule has 1 atom stereocenters. The van der Waals surface area contributed by atoms with Crippen LogP contribution in [0.2, 0.25) is 0 Å². The highest BCUT2D eigenvalue weighted by molar-refractivity contribution is 5.97. The van der Waals surface area contributed by atoms with Crippen molar-refractivity contribution in [3.63, 3.8) is 0 Å². The van der Waals surface area contributed by atoms with Crippen LogP contribution < -0.4 is 5.32 Å². The van der Waals surface area contributed by atoms with Crippen LogP contribution in [0.4, 0.5) is 0 Å². The zero-order valence-electron chi connectivity index (χ0n) is 14.5. The second-order valence-corrected chi connectivity index (χ2v) is 7.80. The molecule has 2 heterocycles. The summed E-state index contributed by atoms with van der Waals surface area (Å²) in [5.41, 5.74) is 2.85. The van der Waals surface area contributed by atoms with Gasteiger partial charge >= 0.3 is 0 Å². The molecule has 1 N–H and O–H groups in total. The van der Waals surface area contributed by atoms with Crippen LogP contribution in [0.5, 0.6) is 0 Å². The Labute approximate surface area is 145 Å². The molecule has 1 aliphatic carbocycles. The number of hydrogen-bond acceptors (Lipinski definition) is 2. The van der Waals surface area contributed by atoms with E-state index in [9.17, 15) is 4.79 Å². The molecule has 1 amide bonds. The Morgan fingerprint density at radius 2 is 1.96 bits per heavy atom. The monoisotopic (exact) mass is 324 g/mol. The summed E-state index contributed by atoms with van der Waals surface area (Å²) in [6, 6.07) is 10.3. The second kappa shape index (κ2) is 6.72. The molecule has 1 saturated carbocycles. The van der Waals surface area contributed by atoms with Crippen LogP contribution in [0, 0.1) is 11.3 Å². The van der Waals surface area contributed by atoms with E-state index in [1.165, 1.54) is 43.2 Å². The van der Waals surface area contributed by atoms with Crippen molar-refractivity contribution in [3.05, 3.63) is 42.0 Å². The number of piperidine rings is 1. The van der Waals surface area contributed by atoms with Crippen molar-refractivity contribution in [3.8, 4) is 0 Å². The van der Waals surface area contributed by atoms with Gasteiger partial charge in [-0.2, -0.15) is 0 Å². The summed E-state index contributed by atoms with van der Waals surface area (Å²) in [5.74, 6) is 0.892. The third-order valence-electron chi connectivity index (χ3n) is 6.46. The van der Waals surface area contributed by atoms with Gasteiger partial charge in [-0.3, -0.25) is 4.79 Å². The van der Waals surface area contributed by atoms with Gasteiger partial charge in [0.2, 0.25) is 5.91 Å². The molecular weight excluding hydrogens is 296 g/mol. The predicted octanol–water partition coefficient (Wildman–Crippen LogP) is 3.47. The molecule has 3 nitrogen and oxygen atoms in total. The maximum atomic E-state index is 12.7. The molecule has 128 valence electrons. The van der Waals surface area contributed by atoms with Gasteiger partial charge in [-0.05, 0) is 54.7 Å². The lowest BCUT2D eigenvalue weighted by Crippen LogP contribution is -2.50. The van der Waals surface area contributed by atoms with E-state index in [-0.39, 0.29) is 5.91 Å². The van der Waals surface area contributed by atoms with E-state index in [1.54, 1.807) is 0 Å². The standard InChI is InChI=1S/C21H28N2O/c24-20-14-18(17-6-2-1-3-7-17)9-13-23(20)15-19-8-12-22-16-21(19)10-4-5-11-21/h1-3,6-7,14,19,22H,4-5,8-13,15-16H2. The molecule has 1 aromatic carbocycles. The third-order valence-corrected chi connectivity index (χ3v) is 6.46. The molecule has 1 unspecified atom stereocenters. The fourth-order valence-corrected chi connectivity index (χ4v) is 5.02. The second-order valence-electron chi connectivity index (χ2n) is 7.80. The first-order valence-electron chi connectivity index (χ1n) is 9.52. The first kappa shape index (κ1) is 15.9. The predicted molar refractivity (Wildman–Crippen MR) is 97.5 cm³/mol. The van der Waals surface area contributed by atoms with E-state index in [0.29, 0.717) is 11.3 Å². The average Bonchev–Trinajstić information content (AvgIpc) is 3.08. The molecule has 0 aromatic heterocycles. The average molecular weight is 324 g/mol. The van der Waals surface area contributed by atoms with Crippen molar-refractivity contribution >= 4 is 11.5 Å². The number of rotatable bonds is 3. The van der Waals surface area contributed by atoms with Gasteiger partial charge in [0, 0.05) is 25.7 Å². The van der Waals surface area contributed by atoms with Gasteiger partial charge in [-0.15, -0.1) is 0 Å². The molecule has 1 spiro atoms. The summed E-state index contributed by atoms with van der Waals surface area (Å²) >= 11 is 0. The van der Waals surface area contributed by atoms with Crippen LogP contribution in [-0.4, -0.2) is 37.0 Å². The zero-order valence-corrected chi connectivity index (χ0v) is 14.5. The largest absolute Gasteiger partial charge is 0.339 e. The molecule has 2 fully saturated rings. The number of benzene rings is 1. The van der Waals surface area contributed by atoms with Gasteiger partial charge in [0.05, 0.1) is 0 Å². The van der Waals surface area contributed by atoms with E-state index in [0.717, 1.165) is 32.6 Å². The maximum absolute atomic E-state index is 12.7. The SMILES string of the molecule is O=C1C=C(c2ccccc2)CCN1CC1CCNCC12CCCC2. The summed E-state index contributed by atoms with van der Waals surface area (Å²) in [5, 5.41) is 3.61. The molecule has 3 aliphatic rings. The first-order chi connectivity index (χ1) is 11.8. The lowest BCUT2D eigenvalue weighted by molar-refractivity contribution is -0.128. The van der Waals surface area contributed by atoms with Crippen LogP contribution in [-0.2, 0) is 4.79 Å². The highest BCUT2D eigenvalue weighted by Gasteiger charge is 2.43. The summed E-state index contributed by atoms with van der Waals surface area (Å²) in [4.78, 5) is 14.8. The van der Waals surface area contributed by atoms with Crippen molar-refractivity contribution in [2.75, 3.05) is 26.2 Å². The Bertz CT molecular complexity index is 616. The maximum Gasteiger partial charge on any atom is 0.246 e. The number of carbonyl (C=O) groups excluding carboxylic acids is 1. The van der Waals surface area contributed by atoms with Crippen molar-refractivity contribution < 1.29 is 4.79 Å². The van der Waals surface area contributed by atoms with E-state index < -0.39 is 0 Å². The lowest BCUT2D eigenvalue weighted by Gasteiger charge is -2.44. The molecule has 1 aromatic rings. The van der Waals surface area contributed by atoms with Crippen molar-refractivity contribution in [2.45, 2.75) is 38.5 Å². The van der Waals surface area contributed by atoms with Crippen molar-refractivity contribution in [1.82, 2.24) is 10.2 Å². The Hall–Kier alpha value is -1.61. The summed E-state index contributed by atoms with van der Waals surface area (Å²) in [7, 11) is 0. The topological polar surface area (TPSA) is 32.3 Å². The number of carbonyl (C=O) groups is 1. The van der Waals surface area contributed by atoms with Gasteiger partial charge in [0.15, 0.2) is 0 Å². The molecule has 24 heavy (non-hydrogen) atoms. The lowest BCUT2D eigenvalue weighted by atomic mass is 9.70. The Morgan fingerprint density at radius 3 is 2.71 bits per heavy atom. The number of amides is 1. The molecule has 2 aliphatic heterocycles. The smallest absolute Gasteiger partial charge is 0.246 e. The van der Waals surface area contributed by atoms with E-state index in [2.05, 4.69) is 22.3 Å². The minimum atomic E-state index is 0.215. The van der Waals surface area contributed by atoms with Crippen molar-refractivity contribution in [2.24, 2.45) is 11.3 Å². The first-order valence-corrected chi connectivity index (χ1v) is 9.52. The summed E-state index contributed by atoms with van der Waals surface area (Å²) < 4.78 is 0. The van der Waals surface area contributed by atoms with E-state index >= 15 is 0 Å². The zero-order chi connectivity index (χ0) is 16.4.